The zero-order valence-corrected chi connectivity index (χ0v) is 10.6. The molecule has 0 spiro atoms. The number of aliphatic hydroxyl groups excluding tert-OH is 2. The summed E-state index contributed by atoms with van der Waals surface area (Å²) in [6, 6.07) is 1.17. The molecule has 0 radical (unpaired) electrons. The molecule has 8 heteroatoms. The SMILES string of the molecule is O=c1ccn(C2=C(I)[C@H](O)[C@@H](CO)O2)c(=O)[nH]1. The topological polar surface area (TPSA) is 105 Å². The summed E-state index contributed by atoms with van der Waals surface area (Å²) < 4.78 is 6.73. The van der Waals surface area contributed by atoms with Crippen LogP contribution in [0.4, 0.5) is 0 Å². The van der Waals surface area contributed by atoms with Crippen LogP contribution < -0.4 is 11.2 Å². The van der Waals surface area contributed by atoms with E-state index in [9.17, 15) is 14.7 Å². The van der Waals surface area contributed by atoms with Gasteiger partial charge in [-0.3, -0.25) is 9.78 Å². The van der Waals surface area contributed by atoms with E-state index in [4.69, 9.17) is 9.84 Å². The van der Waals surface area contributed by atoms with Crippen LogP contribution in [0.2, 0.25) is 0 Å². The zero-order chi connectivity index (χ0) is 12.6. The lowest BCUT2D eigenvalue weighted by molar-refractivity contribution is 0.0250. The number of hydrogen-bond acceptors (Lipinski definition) is 5. The van der Waals surface area contributed by atoms with Crippen molar-refractivity contribution in [3.63, 3.8) is 0 Å². The molecule has 0 aromatic carbocycles. The van der Waals surface area contributed by atoms with E-state index in [0.717, 1.165) is 4.57 Å². The van der Waals surface area contributed by atoms with E-state index in [2.05, 4.69) is 4.98 Å². The summed E-state index contributed by atoms with van der Waals surface area (Å²) in [5.74, 6) is 0.124. The van der Waals surface area contributed by atoms with Gasteiger partial charge in [0.2, 0.25) is 5.88 Å². The molecule has 0 bridgehead atoms. The van der Waals surface area contributed by atoms with Crippen LogP contribution in [0.1, 0.15) is 0 Å². The van der Waals surface area contributed by atoms with Crippen LogP contribution in [-0.2, 0) is 4.74 Å². The molecule has 1 aliphatic rings. The summed E-state index contributed by atoms with van der Waals surface area (Å²) in [6.45, 7) is -0.366. The standard InChI is InChI=1S/C9H9IN2O5/c10-6-7(15)4(3-13)17-8(6)12-2-1-5(14)11-9(12)16/h1-2,4,7,13,15H,3H2,(H,11,14,16)/t4-,7-/m1/s1. The van der Waals surface area contributed by atoms with E-state index >= 15 is 0 Å². The lowest BCUT2D eigenvalue weighted by Gasteiger charge is -2.12. The molecule has 0 saturated carbocycles. The number of ether oxygens (including phenoxy) is 1. The number of rotatable bonds is 2. The van der Waals surface area contributed by atoms with Crippen molar-refractivity contribution in [1.82, 2.24) is 9.55 Å². The number of H-pyrrole nitrogens is 1. The quantitative estimate of drug-likeness (QED) is 0.583. The molecular formula is C9H9IN2O5. The minimum atomic E-state index is -0.977. The van der Waals surface area contributed by atoms with E-state index in [-0.39, 0.29) is 12.5 Å². The molecule has 1 aromatic heterocycles. The summed E-state index contributed by atoms with van der Waals surface area (Å²) in [7, 11) is 0. The Balaban J connectivity index is 2.48. The Labute approximate surface area is 108 Å². The summed E-state index contributed by atoms with van der Waals surface area (Å²) in [5.41, 5.74) is -1.17. The number of hydrogen-bond donors (Lipinski definition) is 3. The Hall–Kier alpha value is -1.13. The molecule has 0 unspecified atom stereocenters. The van der Waals surface area contributed by atoms with Crippen molar-refractivity contribution in [3.05, 3.63) is 36.7 Å². The van der Waals surface area contributed by atoms with Gasteiger partial charge in [-0.2, -0.15) is 0 Å². The van der Waals surface area contributed by atoms with Gasteiger partial charge < -0.3 is 14.9 Å². The minimum absolute atomic E-state index is 0.124. The molecule has 2 atom stereocenters. The van der Waals surface area contributed by atoms with Gasteiger partial charge in [-0.1, -0.05) is 0 Å². The second-order valence-electron chi connectivity index (χ2n) is 3.42. The van der Waals surface area contributed by atoms with E-state index in [1.807, 2.05) is 22.6 Å². The second-order valence-corrected chi connectivity index (χ2v) is 4.58. The summed E-state index contributed by atoms with van der Waals surface area (Å²) in [5, 5.41) is 18.7. The maximum atomic E-state index is 11.5. The molecule has 3 N–H and O–H groups in total. The third kappa shape index (κ3) is 2.15. The predicted molar refractivity (Wildman–Crippen MR) is 66.5 cm³/mol. The third-order valence-electron chi connectivity index (χ3n) is 2.30. The molecule has 2 heterocycles. The van der Waals surface area contributed by atoms with Crippen LogP contribution in [0.25, 0.3) is 5.88 Å². The third-order valence-corrected chi connectivity index (χ3v) is 3.40. The monoisotopic (exact) mass is 352 g/mol. The number of halogens is 1. The van der Waals surface area contributed by atoms with Gasteiger partial charge in [0, 0.05) is 12.3 Å². The molecule has 17 heavy (non-hydrogen) atoms. The van der Waals surface area contributed by atoms with Gasteiger partial charge in [0.05, 0.1) is 10.2 Å². The van der Waals surface area contributed by atoms with Crippen molar-refractivity contribution >= 4 is 28.5 Å². The van der Waals surface area contributed by atoms with E-state index in [0.29, 0.717) is 3.58 Å². The van der Waals surface area contributed by atoms with Gasteiger partial charge >= 0.3 is 5.69 Å². The fraction of sp³-hybridized carbons (Fsp3) is 0.333. The molecule has 92 valence electrons. The molecule has 0 amide bonds. The van der Waals surface area contributed by atoms with Crippen molar-refractivity contribution < 1.29 is 14.9 Å². The molecule has 0 saturated heterocycles. The van der Waals surface area contributed by atoms with Crippen molar-refractivity contribution in [2.24, 2.45) is 0 Å². The van der Waals surface area contributed by atoms with Crippen molar-refractivity contribution in [2.45, 2.75) is 12.2 Å². The van der Waals surface area contributed by atoms with Crippen LogP contribution >= 0.6 is 22.6 Å². The molecule has 7 nitrogen and oxygen atoms in total. The van der Waals surface area contributed by atoms with E-state index < -0.39 is 23.5 Å². The van der Waals surface area contributed by atoms with Crippen LogP contribution in [0.15, 0.2) is 25.4 Å². The Morgan fingerprint density at radius 3 is 2.76 bits per heavy atom. The number of aliphatic hydroxyl groups is 2. The highest BCUT2D eigenvalue weighted by Crippen LogP contribution is 2.32. The summed E-state index contributed by atoms with van der Waals surface area (Å²) in [4.78, 5) is 24.5. The fourth-order valence-electron chi connectivity index (χ4n) is 1.44. The first-order valence-electron chi connectivity index (χ1n) is 4.72. The lowest BCUT2D eigenvalue weighted by Crippen LogP contribution is -2.29. The molecule has 1 aromatic rings. The van der Waals surface area contributed by atoms with Crippen molar-refractivity contribution in [1.29, 1.82) is 0 Å². The highest BCUT2D eigenvalue weighted by atomic mass is 127. The largest absolute Gasteiger partial charge is 0.469 e. The highest BCUT2D eigenvalue weighted by molar-refractivity contribution is 14.1. The van der Waals surface area contributed by atoms with Gasteiger partial charge in [0.1, 0.15) is 6.10 Å². The Morgan fingerprint density at radius 1 is 1.53 bits per heavy atom. The Kier molecular flexibility index (Phi) is 3.35. The first-order valence-corrected chi connectivity index (χ1v) is 5.80. The van der Waals surface area contributed by atoms with Crippen LogP contribution in [0.3, 0.4) is 0 Å². The van der Waals surface area contributed by atoms with Crippen molar-refractivity contribution in [3.8, 4) is 0 Å². The number of nitrogens with zero attached hydrogens (tertiary/aromatic N) is 1. The maximum Gasteiger partial charge on any atom is 0.335 e. The first-order chi connectivity index (χ1) is 8.04. The fourth-order valence-corrected chi connectivity index (χ4v) is 2.23. The molecule has 2 rings (SSSR count). The summed E-state index contributed by atoms with van der Waals surface area (Å²) >= 11 is 1.83. The van der Waals surface area contributed by atoms with E-state index in [1.54, 1.807) is 0 Å². The number of aromatic amines is 1. The normalized spacial score (nSPS) is 23.9. The van der Waals surface area contributed by atoms with Crippen LogP contribution in [0, 0.1) is 0 Å². The van der Waals surface area contributed by atoms with Gasteiger partial charge in [0.15, 0.2) is 6.10 Å². The van der Waals surface area contributed by atoms with Crippen molar-refractivity contribution in [2.75, 3.05) is 6.61 Å². The summed E-state index contributed by atoms with van der Waals surface area (Å²) in [6.07, 6.45) is -0.521. The minimum Gasteiger partial charge on any atom is -0.469 e. The number of nitrogens with one attached hydrogen (secondary N) is 1. The molecular weight excluding hydrogens is 343 g/mol. The predicted octanol–water partition coefficient (Wildman–Crippen LogP) is -1.15. The van der Waals surface area contributed by atoms with Gasteiger partial charge in [-0.15, -0.1) is 0 Å². The van der Waals surface area contributed by atoms with Gasteiger partial charge in [-0.25, -0.2) is 9.36 Å². The molecule has 1 aliphatic heterocycles. The van der Waals surface area contributed by atoms with Gasteiger partial charge in [-0.05, 0) is 22.6 Å². The zero-order valence-electron chi connectivity index (χ0n) is 8.46. The smallest absolute Gasteiger partial charge is 0.335 e. The van der Waals surface area contributed by atoms with Crippen LogP contribution in [0.5, 0.6) is 0 Å². The van der Waals surface area contributed by atoms with Crippen LogP contribution in [-0.4, -0.2) is 38.6 Å². The average Bonchev–Trinajstić information content (AvgIpc) is 2.57. The average molecular weight is 352 g/mol. The molecule has 0 aliphatic carbocycles. The highest BCUT2D eigenvalue weighted by Gasteiger charge is 2.34. The second kappa shape index (κ2) is 4.63. The number of aromatic nitrogens is 2. The maximum absolute atomic E-state index is 11.5. The lowest BCUT2D eigenvalue weighted by atomic mass is 10.2. The first kappa shape index (κ1) is 12.3. The molecule has 0 fully saturated rings. The van der Waals surface area contributed by atoms with Gasteiger partial charge in [0.25, 0.3) is 5.56 Å². The Bertz CT molecular complexity index is 575. The Morgan fingerprint density at radius 2 is 2.24 bits per heavy atom. The van der Waals surface area contributed by atoms with E-state index in [1.165, 1.54) is 12.3 Å².